The molecule has 8 aliphatic rings. The van der Waals surface area contributed by atoms with Crippen LogP contribution >= 0.6 is 23.2 Å². The average molecular weight is 1610 g/mol. The van der Waals surface area contributed by atoms with Crippen LogP contribution in [-0.2, 0) is 62.0 Å². The summed E-state index contributed by atoms with van der Waals surface area (Å²) in [5.41, 5.74) is 8.22. The second kappa shape index (κ2) is 34.4. The number of halogens is 2. The lowest BCUT2D eigenvalue weighted by Gasteiger charge is -2.49. The second-order valence-corrected chi connectivity index (χ2v) is 29.9. The van der Waals surface area contributed by atoms with Crippen LogP contribution in [0.1, 0.15) is 118 Å². The molecule has 5 amide bonds. The molecule has 0 spiro atoms. The van der Waals surface area contributed by atoms with Crippen molar-refractivity contribution in [2.24, 2.45) is 23.3 Å². The first kappa shape index (κ1) is 83.9. The van der Waals surface area contributed by atoms with Gasteiger partial charge in [-0.1, -0.05) is 55.2 Å². The van der Waals surface area contributed by atoms with E-state index in [-0.39, 0.29) is 46.2 Å². The normalized spacial score (nSPS) is 32.0. The first-order valence-electron chi connectivity index (χ1n) is 35.6. The van der Waals surface area contributed by atoms with Gasteiger partial charge in [0.05, 0.1) is 53.3 Å². The summed E-state index contributed by atoms with van der Waals surface area (Å²) in [6.45, 7) is 4.52. The minimum absolute atomic E-state index is 0.107. The molecule has 0 aliphatic carbocycles. The van der Waals surface area contributed by atoms with Crippen LogP contribution in [0, 0.1) is 11.8 Å². The maximum atomic E-state index is 16.3. The molecule has 5 aromatic rings. The fourth-order valence-corrected chi connectivity index (χ4v) is 15.0. The summed E-state index contributed by atoms with van der Waals surface area (Å²) in [6.07, 6.45) is -31.4. The van der Waals surface area contributed by atoms with Gasteiger partial charge in [-0.2, -0.15) is 0 Å². The quantitative estimate of drug-likeness (QED) is 0.0614. The lowest BCUT2D eigenvalue weighted by Crippen LogP contribution is -2.67. The SMILES string of the molecule is CN[C@H](CC(C)C)C(=O)N[C@H]1C(=O)C[C@@H](CC(N)=O)C(=O)N[C@H]2C(=O)C[C@H]3C(=O)NC(C(=O)N[C@H](C(=O)O)c4cc(O)cc(O)c4-c4cc3ccc4O)[C@H](O)c3ccc(c(Cl)c3)Oc3cc2cc(c3OC2OC(CO)C(OC3OC(CO)C(O)C(O)C3O)C(O)C2OC2CC(C)(N)C(O)C(C)O2)Oc2ccc(cc2Cl)[C@H]1O. The third-order valence-electron chi connectivity index (χ3n) is 20.5. The number of Topliss-reactive ketones (excluding diaryl/α,β-unsaturated/α-hetero) is 2. The van der Waals surface area contributed by atoms with E-state index in [9.17, 15) is 85.6 Å². The van der Waals surface area contributed by atoms with Crippen molar-refractivity contribution in [2.45, 2.75) is 194 Å². The number of phenolic OH excluding ortho intramolecular Hbond substituents is 3. The van der Waals surface area contributed by atoms with E-state index in [1.54, 1.807) is 0 Å². The predicted molar refractivity (Wildman–Crippen MR) is 385 cm³/mol. The number of aromatic hydroxyl groups is 3. The van der Waals surface area contributed by atoms with Gasteiger partial charge in [0, 0.05) is 54.0 Å². The summed E-state index contributed by atoms with van der Waals surface area (Å²) in [5, 5.41) is 160. The predicted octanol–water partition coefficient (Wildman–Crippen LogP) is -0.0935. The van der Waals surface area contributed by atoms with Crippen LogP contribution in [-0.4, -0.2) is 237 Å². The van der Waals surface area contributed by atoms with Crippen LogP contribution < -0.4 is 52.3 Å². The second-order valence-electron chi connectivity index (χ2n) is 29.1. The van der Waals surface area contributed by atoms with Gasteiger partial charge in [0.15, 0.2) is 47.8 Å². The Morgan fingerprint density at radius 1 is 0.670 bits per heavy atom. The smallest absolute Gasteiger partial charge is 0.330 e. The fraction of sp³-hybridized carbons (Fsp3) is 0.486. The van der Waals surface area contributed by atoms with Crippen LogP contribution in [0.4, 0.5) is 0 Å². The van der Waals surface area contributed by atoms with Gasteiger partial charge < -0.3 is 142 Å². The molecule has 11 bridgehead atoms. The molecule has 0 aromatic heterocycles. The van der Waals surface area contributed by atoms with E-state index in [1.165, 1.54) is 33.0 Å². The molecule has 0 saturated carbocycles. The highest BCUT2D eigenvalue weighted by atomic mass is 35.5. The Kier molecular flexibility index (Phi) is 25.8. The number of nitrogens with one attached hydrogen (secondary N) is 5. The highest BCUT2D eigenvalue weighted by molar-refractivity contribution is 6.32. The van der Waals surface area contributed by atoms with Crippen LogP contribution in [0.2, 0.25) is 10.0 Å². The number of hydrogen-bond donors (Lipinski definition) is 20. The molecule has 606 valence electrons. The van der Waals surface area contributed by atoms with Crippen LogP contribution in [0.3, 0.4) is 0 Å². The lowest BCUT2D eigenvalue weighted by molar-refractivity contribution is -0.369. The average Bonchev–Trinajstić information content (AvgIpc) is 0.762. The Labute approximate surface area is 647 Å². The number of primary amides is 1. The van der Waals surface area contributed by atoms with Gasteiger partial charge in [-0.3, -0.25) is 33.6 Å². The molecule has 112 heavy (non-hydrogen) atoms. The Morgan fingerprint density at radius 2 is 1.29 bits per heavy atom. The van der Waals surface area contributed by atoms with Crippen molar-refractivity contribution in [1.29, 1.82) is 0 Å². The molecule has 22 N–H and O–H groups in total. The molecular formula is C74H87Cl2N7O29. The summed E-state index contributed by atoms with van der Waals surface area (Å²) in [4.78, 5) is 118. The first-order chi connectivity index (χ1) is 52.9. The zero-order valence-corrected chi connectivity index (χ0v) is 62.0. The number of carboxylic acid groups (broad SMARTS) is 1. The van der Waals surface area contributed by atoms with Crippen molar-refractivity contribution in [3.8, 4) is 57.1 Å². The number of aliphatic carboxylic acids is 1. The van der Waals surface area contributed by atoms with Gasteiger partial charge in [0.1, 0.15) is 102 Å². The highest BCUT2D eigenvalue weighted by Crippen LogP contribution is 2.51. The Balaban J connectivity index is 1.16. The number of rotatable bonds is 16. The van der Waals surface area contributed by atoms with Gasteiger partial charge >= 0.3 is 5.97 Å². The molecule has 3 fully saturated rings. The summed E-state index contributed by atoms with van der Waals surface area (Å²) >= 11 is 14.3. The third kappa shape index (κ3) is 17.7. The van der Waals surface area contributed by atoms with Gasteiger partial charge in [-0.05, 0) is 110 Å². The van der Waals surface area contributed by atoms with E-state index >= 15 is 19.2 Å². The topological polar surface area (TPSA) is 586 Å². The number of hydrogen-bond acceptors (Lipinski definition) is 30. The Hall–Kier alpha value is -9.00. The standard InChI is InChI=1S/C74H87Cl2N7O29/c1-26(2)12-39(79-5)69(101)82-55-42(89)16-32(19-50(77)91)67(99)80-53-31-17-46(106-44-10-7-29(57(55)92)14-37(44)75)63(111-73-65(110-51-23-74(4,78)66(98)27(3)105-51)62(97)64(49(25-85)109-73)112-72-61(96)60(95)59(94)48(24-84)108-72)47(18-31)107-45-11-8-30(15-38(45)76)58(93)56-70(102)81-54(71(103)104)36-20-33(86)21-41(88)52(36)35-13-28(6-9-40(35)87)34(22-43(53)90)68(100)83-56/h6-11,13-15,17-18,20-21,26-27,32,34,39,48-49,51,53-62,64-66,72-73,79,84-88,92-98H,12,16,19,22-25,78H2,1-5H3,(H2,77,91)(H,80,99)(H,81,102)(H,82,101)(H,83,100)(H,103,104)/t27?,32-,34+,39+,48?,49?,51?,53+,54-,55-,56?,57+,58+,59?,60?,61?,62?,64?,65?,66?,72?,73?,74?/m0/s1. The van der Waals surface area contributed by atoms with Crippen molar-refractivity contribution >= 4 is 70.3 Å². The number of carbonyl (C=O) groups excluding carboxylic acids is 7. The monoisotopic (exact) mass is 1610 g/mol. The number of carboxylic acids is 1. The van der Waals surface area contributed by atoms with Gasteiger partial charge in [-0.15, -0.1) is 0 Å². The van der Waals surface area contributed by atoms with Crippen LogP contribution in [0.5, 0.6) is 46.0 Å². The molecule has 8 heterocycles. The summed E-state index contributed by atoms with van der Waals surface area (Å²) in [7, 11) is 1.48. The van der Waals surface area contributed by atoms with Gasteiger partial charge in [0.25, 0.3) is 0 Å². The number of aliphatic hydroxyl groups is 9. The highest BCUT2D eigenvalue weighted by Gasteiger charge is 2.55. The van der Waals surface area contributed by atoms with Crippen molar-refractivity contribution in [3.05, 3.63) is 117 Å². The van der Waals surface area contributed by atoms with E-state index in [1.807, 2.05) is 13.8 Å². The van der Waals surface area contributed by atoms with E-state index in [0.717, 1.165) is 66.7 Å². The molecule has 38 heteroatoms. The number of ketones is 2. The lowest BCUT2D eigenvalue weighted by atomic mass is 9.84. The summed E-state index contributed by atoms with van der Waals surface area (Å²) < 4.78 is 51.0. The molecule has 0 radical (unpaired) electrons. The van der Waals surface area contributed by atoms with Crippen molar-refractivity contribution < 1.29 is 143 Å². The fourth-order valence-electron chi connectivity index (χ4n) is 14.5. The number of benzene rings is 5. The number of ether oxygens (including phenoxy) is 8. The van der Waals surface area contributed by atoms with E-state index in [2.05, 4.69) is 26.6 Å². The van der Waals surface area contributed by atoms with Gasteiger partial charge in [-0.25, -0.2) is 4.79 Å². The number of likely N-dealkylation sites (N-methyl/N-ethyl adjacent to an activating group) is 1. The van der Waals surface area contributed by atoms with Crippen LogP contribution in [0.25, 0.3) is 11.1 Å². The molecule has 3 saturated heterocycles. The van der Waals surface area contributed by atoms with Crippen LogP contribution in [0.15, 0.2) is 78.9 Å². The number of nitrogens with two attached hydrogens (primary N) is 2. The minimum atomic E-state index is -2.29. The Morgan fingerprint density at radius 3 is 1.88 bits per heavy atom. The zero-order chi connectivity index (χ0) is 81.5. The van der Waals surface area contributed by atoms with Crippen molar-refractivity contribution in [3.63, 3.8) is 0 Å². The molecule has 15 unspecified atom stereocenters. The number of amides is 5. The number of fused-ring (bicyclic) bond motifs is 15. The summed E-state index contributed by atoms with van der Waals surface area (Å²) in [6, 6.07) is 3.94. The van der Waals surface area contributed by atoms with Crippen molar-refractivity contribution in [1.82, 2.24) is 26.6 Å². The molecule has 36 nitrogen and oxygen atoms in total. The first-order valence-corrected chi connectivity index (χ1v) is 36.3. The number of aliphatic hydroxyl groups excluding tert-OH is 9. The molecule has 8 aliphatic heterocycles. The largest absolute Gasteiger partial charge is 0.508 e. The molecule has 13 rings (SSSR count). The molecule has 23 atom stereocenters. The Bertz CT molecular complexity index is 4420. The minimum Gasteiger partial charge on any atom is -0.508 e. The maximum absolute atomic E-state index is 16.3. The molecule has 5 aromatic carbocycles. The summed E-state index contributed by atoms with van der Waals surface area (Å²) in [5.74, 6) is -19.4. The van der Waals surface area contributed by atoms with E-state index in [4.69, 9.17) is 72.6 Å². The number of carbonyl (C=O) groups is 8. The maximum Gasteiger partial charge on any atom is 0.330 e. The number of phenols is 3. The zero-order valence-electron chi connectivity index (χ0n) is 60.5. The van der Waals surface area contributed by atoms with Crippen molar-refractivity contribution in [2.75, 3.05) is 20.3 Å². The van der Waals surface area contributed by atoms with E-state index in [0.29, 0.717) is 0 Å². The van der Waals surface area contributed by atoms with Gasteiger partial charge in [0.2, 0.25) is 41.6 Å². The van der Waals surface area contributed by atoms with E-state index < -0.39 is 287 Å². The third-order valence-corrected chi connectivity index (χ3v) is 21.1. The molecular weight excluding hydrogens is 1520 g/mol.